The second-order valence-electron chi connectivity index (χ2n) is 5.85. The fourth-order valence-electron chi connectivity index (χ4n) is 2.39. The number of rotatable bonds is 7. The predicted octanol–water partition coefficient (Wildman–Crippen LogP) is 0.202. The number of ether oxygens (including phenoxy) is 2. The third-order valence-corrected chi connectivity index (χ3v) is 4.00. The second-order valence-corrected chi connectivity index (χ2v) is 5.85. The van der Waals surface area contributed by atoms with Crippen LogP contribution in [0.2, 0.25) is 0 Å². The van der Waals surface area contributed by atoms with Gasteiger partial charge < -0.3 is 19.3 Å². The van der Waals surface area contributed by atoms with E-state index in [1.165, 1.54) is 6.08 Å². The van der Waals surface area contributed by atoms with Crippen molar-refractivity contribution in [3.63, 3.8) is 0 Å². The van der Waals surface area contributed by atoms with Crippen LogP contribution in [0.1, 0.15) is 19.8 Å². The Morgan fingerprint density at radius 2 is 1.78 bits per heavy atom. The Hall–Kier alpha value is -1.89. The van der Waals surface area contributed by atoms with Crippen LogP contribution in [0.4, 0.5) is 0 Å². The molecular weight excluding hydrogens is 300 g/mol. The molecule has 1 saturated carbocycles. The summed E-state index contributed by atoms with van der Waals surface area (Å²) in [5, 5.41) is 0. The minimum Gasteiger partial charge on any atom is -0.454 e. The van der Waals surface area contributed by atoms with Crippen LogP contribution in [0.3, 0.4) is 0 Å². The highest BCUT2D eigenvalue weighted by Gasteiger charge is 2.35. The summed E-state index contributed by atoms with van der Waals surface area (Å²) < 4.78 is 10.1. The summed E-state index contributed by atoms with van der Waals surface area (Å²) in [5.74, 6) is -0.400. The van der Waals surface area contributed by atoms with Gasteiger partial charge >= 0.3 is 5.97 Å². The summed E-state index contributed by atoms with van der Waals surface area (Å²) in [6, 6.07) is 0. The molecule has 1 unspecified atom stereocenters. The fourth-order valence-corrected chi connectivity index (χ4v) is 2.39. The summed E-state index contributed by atoms with van der Waals surface area (Å²) in [5.41, 5.74) is 0. The number of nitrogens with zero attached hydrogens (tertiary/aromatic N) is 2. The van der Waals surface area contributed by atoms with Gasteiger partial charge in [0.25, 0.3) is 5.91 Å². The Balaban J connectivity index is 1.67. The largest absolute Gasteiger partial charge is 0.454 e. The van der Waals surface area contributed by atoms with Gasteiger partial charge in [0, 0.05) is 32.1 Å². The minimum atomic E-state index is -0.728. The molecule has 128 valence electrons. The van der Waals surface area contributed by atoms with Crippen molar-refractivity contribution in [1.82, 2.24) is 9.80 Å². The first-order valence-electron chi connectivity index (χ1n) is 7.98. The monoisotopic (exact) mass is 324 g/mol. The molecule has 0 bridgehead atoms. The van der Waals surface area contributed by atoms with Gasteiger partial charge in [0.15, 0.2) is 12.7 Å². The number of carbonyl (C=O) groups is 3. The Morgan fingerprint density at radius 3 is 2.35 bits per heavy atom. The number of hydrogen-bond acceptors (Lipinski definition) is 5. The zero-order chi connectivity index (χ0) is 16.8. The molecule has 1 atom stereocenters. The van der Waals surface area contributed by atoms with Gasteiger partial charge in [0.1, 0.15) is 0 Å². The standard InChI is InChI=1S/C16H24N2O5/c1-3-10-22-12(2)16(21)23-11-14(19)17-6-8-18(9-7-17)15(20)13-4-5-13/h3,12-13H,1,4-11H2,2H3. The van der Waals surface area contributed by atoms with Crippen molar-refractivity contribution in [2.45, 2.75) is 25.9 Å². The van der Waals surface area contributed by atoms with Crippen molar-refractivity contribution in [2.75, 3.05) is 39.4 Å². The van der Waals surface area contributed by atoms with E-state index in [1.807, 2.05) is 4.90 Å². The molecule has 2 amide bonds. The topological polar surface area (TPSA) is 76.2 Å². The highest BCUT2D eigenvalue weighted by atomic mass is 16.6. The Kier molecular flexibility index (Phi) is 6.15. The molecule has 0 aromatic carbocycles. The normalized spacial score (nSPS) is 19.2. The quantitative estimate of drug-likeness (QED) is 0.494. The summed E-state index contributed by atoms with van der Waals surface area (Å²) in [6.07, 6.45) is 2.78. The lowest BCUT2D eigenvalue weighted by Crippen LogP contribution is -2.52. The maximum atomic E-state index is 12.1. The smallest absolute Gasteiger partial charge is 0.335 e. The molecule has 0 radical (unpaired) electrons. The number of carbonyl (C=O) groups excluding carboxylic acids is 3. The lowest BCUT2D eigenvalue weighted by Gasteiger charge is -2.34. The number of piperazine rings is 1. The molecule has 2 aliphatic rings. The lowest BCUT2D eigenvalue weighted by molar-refractivity contribution is -0.161. The van der Waals surface area contributed by atoms with E-state index in [4.69, 9.17) is 9.47 Å². The van der Waals surface area contributed by atoms with Crippen LogP contribution < -0.4 is 0 Å². The summed E-state index contributed by atoms with van der Waals surface area (Å²) in [7, 11) is 0. The molecule has 0 spiro atoms. The minimum absolute atomic E-state index is 0.204. The van der Waals surface area contributed by atoms with Gasteiger partial charge in [0.05, 0.1) is 6.61 Å². The molecule has 1 aliphatic carbocycles. The van der Waals surface area contributed by atoms with Crippen LogP contribution >= 0.6 is 0 Å². The van der Waals surface area contributed by atoms with Gasteiger partial charge in [-0.1, -0.05) is 6.08 Å². The molecule has 7 nitrogen and oxygen atoms in total. The Bertz CT molecular complexity index is 467. The first-order valence-corrected chi connectivity index (χ1v) is 7.98. The van der Waals surface area contributed by atoms with Crippen molar-refractivity contribution in [3.8, 4) is 0 Å². The van der Waals surface area contributed by atoms with E-state index in [9.17, 15) is 14.4 Å². The number of amides is 2. The van der Waals surface area contributed by atoms with Crippen molar-refractivity contribution >= 4 is 17.8 Å². The summed E-state index contributed by atoms with van der Waals surface area (Å²) >= 11 is 0. The highest BCUT2D eigenvalue weighted by Crippen LogP contribution is 2.31. The number of esters is 1. The molecular formula is C16H24N2O5. The lowest BCUT2D eigenvalue weighted by atomic mass is 10.2. The van der Waals surface area contributed by atoms with E-state index in [0.717, 1.165) is 12.8 Å². The summed E-state index contributed by atoms with van der Waals surface area (Å²) in [6.45, 7) is 7.09. The van der Waals surface area contributed by atoms with Gasteiger partial charge in [-0.15, -0.1) is 6.58 Å². The third kappa shape index (κ3) is 5.06. The van der Waals surface area contributed by atoms with Crippen LogP contribution in [0.15, 0.2) is 12.7 Å². The molecule has 1 saturated heterocycles. The van der Waals surface area contributed by atoms with Gasteiger partial charge in [0.2, 0.25) is 5.91 Å². The molecule has 0 N–H and O–H groups in total. The average molecular weight is 324 g/mol. The molecule has 2 rings (SSSR count). The molecule has 0 aromatic heterocycles. The van der Waals surface area contributed by atoms with Crippen LogP contribution in [0.25, 0.3) is 0 Å². The van der Waals surface area contributed by atoms with E-state index >= 15 is 0 Å². The first kappa shape index (κ1) is 17.5. The van der Waals surface area contributed by atoms with Crippen LogP contribution in [-0.4, -0.2) is 73.1 Å². The zero-order valence-electron chi connectivity index (χ0n) is 13.5. The molecule has 0 aromatic rings. The molecule has 1 heterocycles. The average Bonchev–Trinajstić information content (AvgIpc) is 3.41. The maximum absolute atomic E-state index is 12.1. The number of hydrogen-bond donors (Lipinski definition) is 0. The maximum Gasteiger partial charge on any atom is 0.335 e. The molecule has 1 aliphatic heterocycles. The predicted molar refractivity (Wildman–Crippen MR) is 82.5 cm³/mol. The van der Waals surface area contributed by atoms with E-state index in [0.29, 0.717) is 26.2 Å². The second kappa shape index (κ2) is 8.10. The van der Waals surface area contributed by atoms with Crippen molar-refractivity contribution in [2.24, 2.45) is 5.92 Å². The van der Waals surface area contributed by atoms with Crippen molar-refractivity contribution < 1.29 is 23.9 Å². The third-order valence-electron chi connectivity index (χ3n) is 4.00. The first-order chi connectivity index (χ1) is 11.0. The van der Waals surface area contributed by atoms with Gasteiger partial charge in [-0.25, -0.2) is 4.79 Å². The Morgan fingerprint density at radius 1 is 1.17 bits per heavy atom. The van der Waals surface area contributed by atoms with Gasteiger partial charge in [-0.2, -0.15) is 0 Å². The molecule has 2 fully saturated rings. The summed E-state index contributed by atoms with van der Waals surface area (Å²) in [4.78, 5) is 39.1. The van der Waals surface area contributed by atoms with Crippen LogP contribution in [-0.2, 0) is 23.9 Å². The molecule has 7 heteroatoms. The highest BCUT2D eigenvalue weighted by molar-refractivity contribution is 5.83. The van der Waals surface area contributed by atoms with Crippen molar-refractivity contribution in [1.29, 1.82) is 0 Å². The van der Waals surface area contributed by atoms with Gasteiger partial charge in [-0.3, -0.25) is 9.59 Å². The van der Waals surface area contributed by atoms with Crippen LogP contribution in [0, 0.1) is 5.92 Å². The van der Waals surface area contributed by atoms with E-state index < -0.39 is 12.1 Å². The van der Waals surface area contributed by atoms with E-state index in [-0.39, 0.29) is 30.9 Å². The SMILES string of the molecule is C=CCOC(C)C(=O)OCC(=O)N1CCN(C(=O)C2CC2)CC1. The van der Waals surface area contributed by atoms with Crippen LogP contribution in [0.5, 0.6) is 0 Å². The molecule has 23 heavy (non-hydrogen) atoms. The fraction of sp³-hybridized carbons (Fsp3) is 0.688. The zero-order valence-corrected chi connectivity index (χ0v) is 13.5. The van der Waals surface area contributed by atoms with E-state index in [2.05, 4.69) is 6.58 Å². The van der Waals surface area contributed by atoms with Gasteiger partial charge in [-0.05, 0) is 19.8 Å². The van der Waals surface area contributed by atoms with Crippen molar-refractivity contribution in [3.05, 3.63) is 12.7 Å². The van der Waals surface area contributed by atoms with E-state index in [1.54, 1.807) is 11.8 Å². The Labute approximate surface area is 136 Å².